The quantitative estimate of drug-likeness (QED) is 0.536. The van der Waals surface area contributed by atoms with Crippen LogP contribution in [0.5, 0.6) is 0 Å². The van der Waals surface area contributed by atoms with Crippen LogP contribution in [0.3, 0.4) is 0 Å². The van der Waals surface area contributed by atoms with Crippen LogP contribution in [0, 0.1) is 0 Å². The fourth-order valence-electron chi connectivity index (χ4n) is 3.10. The van der Waals surface area contributed by atoms with Crippen molar-refractivity contribution in [3.8, 4) is 0 Å². The topological polar surface area (TPSA) is 67.2 Å². The van der Waals surface area contributed by atoms with E-state index in [1.807, 2.05) is 11.5 Å². The van der Waals surface area contributed by atoms with Crippen LogP contribution in [0.2, 0.25) is 0 Å². The first-order valence-electron chi connectivity index (χ1n) is 8.85. The van der Waals surface area contributed by atoms with E-state index < -0.39 is 0 Å². The number of nitrogens with zero attached hydrogens (tertiary/aromatic N) is 3. The number of fused-ring (bicyclic) bond motifs is 1. The minimum absolute atomic E-state index is 0.0123. The van der Waals surface area contributed by atoms with Gasteiger partial charge in [-0.2, -0.15) is 4.98 Å². The van der Waals surface area contributed by atoms with Gasteiger partial charge in [0.25, 0.3) is 0 Å². The molecule has 134 valence electrons. The van der Waals surface area contributed by atoms with Gasteiger partial charge >= 0.3 is 5.69 Å². The summed E-state index contributed by atoms with van der Waals surface area (Å²) in [6.07, 6.45) is 2.94. The molecule has 2 rings (SSSR count). The van der Waals surface area contributed by atoms with E-state index in [1.54, 1.807) is 0 Å². The van der Waals surface area contributed by atoms with Crippen molar-refractivity contribution in [2.45, 2.75) is 51.6 Å². The first-order chi connectivity index (χ1) is 11.6. The van der Waals surface area contributed by atoms with E-state index in [0.717, 1.165) is 49.6 Å². The molecule has 1 N–H and O–H groups in total. The Morgan fingerprint density at radius 3 is 2.71 bits per heavy atom. The predicted molar refractivity (Wildman–Crippen MR) is 97.7 cm³/mol. The summed E-state index contributed by atoms with van der Waals surface area (Å²) in [4.78, 5) is 30.7. The zero-order valence-corrected chi connectivity index (χ0v) is 15.7. The normalized spacial score (nSPS) is 13.3. The zero-order chi connectivity index (χ0) is 17.5. The molecule has 1 aromatic heterocycles. The van der Waals surface area contributed by atoms with Crippen molar-refractivity contribution in [3.05, 3.63) is 21.7 Å². The average molecular weight is 353 g/mol. The molecule has 0 saturated heterocycles. The number of hydrogen-bond acceptors (Lipinski definition) is 5. The van der Waals surface area contributed by atoms with Crippen molar-refractivity contribution in [1.82, 2.24) is 19.8 Å². The number of rotatable bonds is 9. The molecular formula is C17H28N4O2S. The molecule has 7 heteroatoms. The average Bonchev–Trinajstić information content (AvgIpc) is 3.05. The smallest absolute Gasteiger partial charge is 0.348 e. The van der Waals surface area contributed by atoms with Crippen molar-refractivity contribution in [2.24, 2.45) is 0 Å². The van der Waals surface area contributed by atoms with Gasteiger partial charge in [-0.1, -0.05) is 25.6 Å². The molecule has 1 aliphatic carbocycles. The molecule has 0 aliphatic heterocycles. The number of thioether (sulfide) groups is 1. The van der Waals surface area contributed by atoms with Crippen LogP contribution in [0.4, 0.5) is 0 Å². The molecule has 0 saturated carbocycles. The Bertz CT molecular complexity index is 626. The molecule has 0 unspecified atom stereocenters. The number of nitrogens with one attached hydrogen (secondary N) is 1. The Balaban J connectivity index is 2.16. The van der Waals surface area contributed by atoms with E-state index in [-0.39, 0.29) is 11.6 Å². The lowest BCUT2D eigenvalue weighted by Gasteiger charge is -2.20. The number of aromatic nitrogens is 2. The number of likely N-dealkylation sites (N-methyl/N-ethyl adjacent to an activating group) is 1. The number of carbonyl (C=O) groups excluding carboxylic acids is 1. The monoisotopic (exact) mass is 352 g/mol. The molecule has 0 radical (unpaired) electrons. The maximum absolute atomic E-state index is 12.5. The Kier molecular flexibility index (Phi) is 7.30. The summed E-state index contributed by atoms with van der Waals surface area (Å²) >= 11 is 1.38. The second-order valence-corrected chi connectivity index (χ2v) is 6.86. The van der Waals surface area contributed by atoms with Gasteiger partial charge in [-0.05, 0) is 39.3 Å². The van der Waals surface area contributed by atoms with Crippen molar-refractivity contribution >= 4 is 17.7 Å². The Hall–Kier alpha value is -1.34. The van der Waals surface area contributed by atoms with E-state index in [2.05, 4.69) is 29.0 Å². The number of amides is 1. The van der Waals surface area contributed by atoms with Gasteiger partial charge in [-0.25, -0.2) is 4.79 Å². The van der Waals surface area contributed by atoms with Gasteiger partial charge in [0.05, 0.1) is 5.75 Å². The molecular weight excluding hydrogens is 324 g/mol. The highest BCUT2D eigenvalue weighted by Gasteiger charge is 2.22. The third kappa shape index (κ3) is 4.60. The van der Waals surface area contributed by atoms with E-state index in [4.69, 9.17) is 0 Å². The third-order valence-electron chi connectivity index (χ3n) is 4.45. The molecule has 0 spiro atoms. The first kappa shape index (κ1) is 19.0. The van der Waals surface area contributed by atoms with Crippen molar-refractivity contribution < 1.29 is 4.79 Å². The first-order valence-corrected chi connectivity index (χ1v) is 9.83. The minimum Gasteiger partial charge on any atom is -0.356 e. The third-order valence-corrected chi connectivity index (χ3v) is 5.47. The Morgan fingerprint density at radius 1 is 1.29 bits per heavy atom. The summed E-state index contributed by atoms with van der Waals surface area (Å²) < 4.78 is 1.84. The Labute approximate surface area is 148 Å². The molecule has 1 aromatic rings. The number of carbonyl (C=O) groups is 1. The highest BCUT2D eigenvalue weighted by molar-refractivity contribution is 7.99. The van der Waals surface area contributed by atoms with E-state index in [9.17, 15) is 9.59 Å². The van der Waals surface area contributed by atoms with Crippen LogP contribution in [-0.4, -0.2) is 52.3 Å². The predicted octanol–water partition coefficient (Wildman–Crippen LogP) is 1.30. The summed E-state index contributed by atoms with van der Waals surface area (Å²) in [7, 11) is 0. The highest BCUT2D eigenvalue weighted by atomic mass is 32.2. The van der Waals surface area contributed by atoms with E-state index in [0.29, 0.717) is 18.8 Å². The lowest BCUT2D eigenvalue weighted by Crippen LogP contribution is -2.34. The van der Waals surface area contributed by atoms with Crippen LogP contribution < -0.4 is 11.0 Å². The molecule has 0 aromatic carbocycles. The molecule has 0 bridgehead atoms. The van der Waals surface area contributed by atoms with Gasteiger partial charge in [0.15, 0.2) is 0 Å². The standard InChI is InChI=1S/C17H28N4O2S/c1-4-18-15(22)12-24-16-13-8-7-9-14(13)21(17(23)19-16)11-10-20(5-2)6-3/h4-12H2,1-3H3,(H,18,22). The SMILES string of the molecule is CCNC(=O)CSc1nc(=O)n(CCN(CC)CC)c2c1CCC2. The molecule has 0 atom stereocenters. The van der Waals surface area contributed by atoms with E-state index >= 15 is 0 Å². The van der Waals surface area contributed by atoms with Gasteiger partial charge < -0.3 is 10.2 Å². The summed E-state index contributed by atoms with van der Waals surface area (Å²) in [5, 5.41) is 3.53. The second-order valence-electron chi connectivity index (χ2n) is 5.90. The van der Waals surface area contributed by atoms with Crippen molar-refractivity contribution in [3.63, 3.8) is 0 Å². The summed E-state index contributed by atoms with van der Waals surface area (Å²) in [5.74, 6) is 0.303. The van der Waals surface area contributed by atoms with Gasteiger partial charge in [0, 0.05) is 30.9 Å². The molecule has 6 nitrogen and oxygen atoms in total. The summed E-state index contributed by atoms with van der Waals surface area (Å²) in [5.41, 5.74) is 2.12. The number of hydrogen-bond donors (Lipinski definition) is 1. The highest BCUT2D eigenvalue weighted by Crippen LogP contribution is 2.29. The molecule has 1 amide bonds. The summed E-state index contributed by atoms with van der Waals surface area (Å²) in [6.45, 7) is 10.3. The van der Waals surface area contributed by atoms with Crippen LogP contribution in [-0.2, 0) is 24.2 Å². The van der Waals surface area contributed by atoms with Gasteiger partial charge in [-0.3, -0.25) is 9.36 Å². The fourth-order valence-corrected chi connectivity index (χ4v) is 4.01. The van der Waals surface area contributed by atoms with Crippen LogP contribution >= 0.6 is 11.8 Å². The second kappa shape index (κ2) is 9.22. The summed E-state index contributed by atoms with van der Waals surface area (Å²) in [6, 6.07) is 0. The van der Waals surface area contributed by atoms with Crippen LogP contribution in [0.1, 0.15) is 38.4 Å². The minimum atomic E-state index is -0.179. The zero-order valence-electron chi connectivity index (χ0n) is 14.9. The largest absolute Gasteiger partial charge is 0.356 e. The molecule has 0 fully saturated rings. The fraction of sp³-hybridized carbons (Fsp3) is 0.706. The molecule has 1 aliphatic rings. The van der Waals surface area contributed by atoms with E-state index in [1.165, 1.54) is 17.3 Å². The van der Waals surface area contributed by atoms with Crippen LogP contribution in [0.25, 0.3) is 0 Å². The van der Waals surface area contributed by atoms with Gasteiger partial charge in [0.2, 0.25) is 5.91 Å². The maximum Gasteiger partial charge on any atom is 0.348 e. The lowest BCUT2D eigenvalue weighted by molar-refractivity contribution is -0.118. The lowest BCUT2D eigenvalue weighted by atomic mass is 10.2. The maximum atomic E-state index is 12.5. The molecule has 1 heterocycles. The Morgan fingerprint density at radius 2 is 2.04 bits per heavy atom. The van der Waals surface area contributed by atoms with Crippen LogP contribution in [0.15, 0.2) is 9.82 Å². The van der Waals surface area contributed by atoms with Crippen molar-refractivity contribution in [2.75, 3.05) is 31.9 Å². The van der Waals surface area contributed by atoms with Crippen molar-refractivity contribution in [1.29, 1.82) is 0 Å². The van der Waals surface area contributed by atoms with Gasteiger partial charge in [-0.15, -0.1) is 0 Å². The van der Waals surface area contributed by atoms with Gasteiger partial charge in [0.1, 0.15) is 5.03 Å². The molecule has 24 heavy (non-hydrogen) atoms.